The first-order valence-electron chi connectivity index (χ1n) is 28.1. The minimum Gasteiger partial charge on any atom is -0.494 e. The number of aliphatic carboxylic acids is 1. The number of carboxylic acid groups (broad SMARTS) is 1. The molecule has 466 valence electrons. The highest BCUT2D eigenvalue weighted by molar-refractivity contribution is 14.1. The number of fused-ring (bicyclic) bond motifs is 1. The van der Waals surface area contributed by atoms with Gasteiger partial charge in [-0.05, 0) is 71.0 Å². The van der Waals surface area contributed by atoms with Gasteiger partial charge in [0.25, 0.3) is 24.8 Å². The molecule has 2 atom stereocenters. The van der Waals surface area contributed by atoms with E-state index < -0.39 is 55.3 Å². The predicted octanol–water partition coefficient (Wildman–Crippen LogP) is -0.0841. The molecule has 3 aliphatic heterocycles. The van der Waals surface area contributed by atoms with Crippen LogP contribution in [-0.4, -0.2) is 268 Å². The summed E-state index contributed by atoms with van der Waals surface area (Å²) in [6.07, 6.45) is 12.1. The number of likely N-dealkylation sites (tertiary alicyclic amines) is 1. The van der Waals surface area contributed by atoms with Gasteiger partial charge in [-0.1, -0.05) is 18.1 Å². The molecule has 3 aromatic rings. The number of ether oxygens (including phenoxy) is 3. The number of rotatable bonds is 31. The van der Waals surface area contributed by atoms with E-state index in [0.29, 0.717) is 121 Å². The SMILES string of the molecule is C#C[C@H]1CC(F)(F)CN1C(=O)CNC(=O)c1ccnc2ccc(OCCCN3CCN(C(=O)CCN/N=C\C(C/C=N/NCN/N=C/c4ccc(I)cc4)NC(=O)CN4CCN(COC=O)CCN(COC=O)CCN(CC(=O)O)CC4)CC3)cc12. The Kier molecular flexibility index (Phi) is 28.5. The van der Waals surface area contributed by atoms with Crippen LogP contribution in [0.4, 0.5) is 8.78 Å². The number of hydrogen-bond acceptors (Lipinski definition) is 22. The predicted molar refractivity (Wildman–Crippen MR) is 323 cm³/mol. The highest BCUT2D eigenvalue weighted by atomic mass is 127. The van der Waals surface area contributed by atoms with Crippen molar-refractivity contribution in [3.8, 4) is 18.1 Å². The van der Waals surface area contributed by atoms with Gasteiger partial charge in [-0.25, -0.2) is 8.78 Å². The van der Waals surface area contributed by atoms with Crippen LogP contribution in [0, 0.1) is 15.9 Å². The van der Waals surface area contributed by atoms with Crippen molar-refractivity contribution in [3.63, 3.8) is 0 Å². The zero-order valence-electron chi connectivity index (χ0n) is 47.8. The third kappa shape index (κ3) is 24.0. The molecule has 1 aromatic heterocycles. The van der Waals surface area contributed by atoms with Crippen molar-refractivity contribution in [1.82, 2.24) is 66.2 Å². The first kappa shape index (κ1) is 67.4. The standard InChI is InChI=1S/C56H75F2IN16O11/c1-2-46-31-56(57,58)37-75(46)53(80)34-61-55(83)48-11-13-60-50-9-8-47(30-49(48)50)86-29-3-16-69-25-27-74(28-26-69)52(79)12-15-62-65-33-45(10-14-63-66-38-67-64-32-43-4-6-44(59)7-5-43)68-51(78)35-70-17-18-71(36-54(81)82)20-22-73(40-85-42-77)24-23-72(21-19-70)39-84-41-76/h1,4-9,11,13-14,30,32-33,41-42,45-46,62,66-67H,3,10,12,15-29,31,34-40H2,(H,61,83)(H,68,78)(H,81,82)/b63-14+,64-32+,65-33-/t45?,46-/m0/s1. The van der Waals surface area contributed by atoms with Crippen LogP contribution in [0.1, 0.15) is 41.6 Å². The van der Waals surface area contributed by atoms with Gasteiger partial charge in [0.2, 0.25) is 17.7 Å². The van der Waals surface area contributed by atoms with E-state index in [1.54, 1.807) is 35.5 Å². The average molecular weight is 1310 g/mol. The van der Waals surface area contributed by atoms with E-state index in [2.05, 4.69) is 80.6 Å². The number of amides is 4. The minimum absolute atomic E-state index is 0.00310. The maximum absolute atomic E-state index is 14.0. The maximum Gasteiger partial charge on any atom is 0.317 e. The number of benzene rings is 2. The third-order valence-electron chi connectivity index (χ3n) is 14.1. The van der Waals surface area contributed by atoms with Gasteiger partial charge in [0.05, 0.1) is 62.2 Å². The molecule has 27 nitrogen and oxygen atoms in total. The fourth-order valence-electron chi connectivity index (χ4n) is 9.48. The number of aromatic nitrogens is 1. The molecule has 2 aromatic carbocycles. The van der Waals surface area contributed by atoms with Crippen LogP contribution in [0.15, 0.2) is 70.0 Å². The van der Waals surface area contributed by atoms with Crippen LogP contribution in [-0.2, 0) is 38.2 Å². The monoisotopic (exact) mass is 1310 g/mol. The van der Waals surface area contributed by atoms with Gasteiger partial charge in [-0.2, -0.15) is 15.3 Å². The van der Waals surface area contributed by atoms with Crippen LogP contribution in [0.2, 0.25) is 0 Å². The van der Waals surface area contributed by atoms with Crippen molar-refractivity contribution in [2.45, 2.75) is 43.7 Å². The van der Waals surface area contributed by atoms with E-state index >= 15 is 0 Å². The molecule has 3 saturated heterocycles. The fraction of sp³-hybridized carbons (Fsp3) is 0.518. The number of hydrazone groups is 3. The quantitative estimate of drug-likeness (QED) is 0.00934. The molecule has 0 aliphatic carbocycles. The van der Waals surface area contributed by atoms with E-state index in [0.717, 1.165) is 20.6 Å². The smallest absolute Gasteiger partial charge is 0.317 e. The molecule has 3 fully saturated rings. The Bertz CT molecular complexity index is 2830. The summed E-state index contributed by atoms with van der Waals surface area (Å²) in [5.41, 5.74) is 10.4. The highest BCUT2D eigenvalue weighted by Crippen LogP contribution is 2.31. The summed E-state index contributed by atoms with van der Waals surface area (Å²) in [6.45, 7) is 6.06. The van der Waals surface area contributed by atoms with Crippen molar-refractivity contribution in [1.29, 1.82) is 0 Å². The number of halogens is 3. The molecule has 4 amide bonds. The van der Waals surface area contributed by atoms with Gasteiger partial charge in [0, 0.05) is 138 Å². The average Bonchev–Trinajstić information content (AvgIpc) is 3.18. The van der Waals surface area contributed by atoms with Crippen LogP contribution < -0.4 is 31.6 Å². The number of pyridine rings is 1. The molecule has 0 saturated carbocycles. The Hall–Kier alpha value is -7.70. The van der Waals surface area contributed by atoms with E-state index in [1.807, 2.05) is 43.9 Å². The van der Waals surface area contributed by atoms with Crippen molar-refractivity contribution in [2.75, 3.05) is 145 Å². The second kappa shape index (κ2) is 36.3. The number of nitrogens with zero attached hydrogens (tertiary/aromatic N) is 11. The van der Waals surface area contributed by atoms with E-state index in [9.17, 15) is 47.4 Å². The number of carboxylic acids is 1. The highest BCUT2D eigenvalue weighted by Gasteiger charge is 2.46. The molecule has 6 rings (SSSR count). The van der Waals surface area contributed by atoms with Gasteiger partial charge >= 0.3 is 5.97 Å². The minimum atomic E-state index is -3.10. The summed E-state index contributed by atoms with van der Waals surface area (Å²) in [7, 11) is 0. The summed E-state index contributed by atoms with van der Waals surface area (Å²) in [4.78, 5) is 104. The summed E-state index contributed by atoms with van der Waals surface area (Å²) >= 11 is 2.23. The number of terminal acetylenes is 1. The lowest BCUT2D eigenvalue weighted by Gasteiger charge is -2.34. The van der Waals surface area contributed by atoms with Crippen molar-refractivity contribution in [2.24, 2.45) is 15.3 Å². The topological polar surface area (TPSA) is 300 Å². The summed E-state index contributed by atoms with van der Waals surface area (Å²) in [6, 6.07) is 12.8. The number of carbonyl (C=O) groups excluding carboxylic acids is 6. The summed E-state index contributed by atoms with van der Waals surface area (Å²) in [5.74, 6) is -3.04. The zero-order valence-corrected chi connectivity index (χ0v) is 49.9. The largest absolute Gasteiger partial charge is 0.494 e. The Morgan fingerprint density at radius 1 is 0.814 bits per heavy atom. The van der Waals surface area contributed by atoms with Gasteiger partial charge < -0.3 is 45.2 Å². The summed E-state index contributed by atoms with van der Waals surface area (Å²) < 4.78 is 45.1. The molecule has 0 spiro atoms. The zero-order chi connectivity index (χ0) is 61.5. The van der Waals surface area contributed by atoms with Gasteiger partial charge in [0.1, 0.15) is 25.9 Å². The number of hydrogen-bond donors (Lipinski definition) is 6. The van der Waals surface area contributed by atoms with E-state index in [4.69, 9.17) is 20.6 Å². The molecule has 1 unspecified atom stereocenters. The third-order valence-corrected chi connectivity index (χ3v) is 14.8. The molecule has 30 heteroatoms. The maximum atomic E-state index is 14.0. The van der Waals surface area contributed by atoms with Crippen LogP contribution >= 0.6 is 22.6 Å². The molecule has 3 aliphatic rings. The lowest BCUT2D eigenvalue weighted by molar-refractivity contribution is -0.139. The van der Waals surface area contributed by atoms with Crippen LogP contribution in [0.25, 0.3) is 10.9 Å². The van der Waals surface area contributed by atoms with E-state index in [1.165, 1.54) is 18.5 Å². The van der Waals surface area contributed by atoms with E-state index in [-0.39, 0.29) is 70.0 Å². The Balaban J connectivity index is 0.952. The van der Waals surface area contributed by atoms with Crippen LogP contribution in [0.3, 0.4) is 0 Å². The second-order valence-corrected chi connectivity index (χ2v) is 21.6. The van der Waals surface area contributed by atoms with Gasteiger partial charge in [-0.3, -0.25) is 73.9 Å². The number of nitrogens with one attached hydrogen (secondary N) is 5. The normalized spacial score (nSPS) is 18.2. The molecule has 86 heavy (non-hydrogen) atoms. The van der Waals surface area contributed by atoms with Crippen LogP contribution in [0.5, 0.6) is 5.75 Å². The van der Waals surface area contributed by atoms with Gasteiger partial charge in [0.15, 0.2) is 0 Å². The summed E-state index contributed by atoms with van der Waals surface area (Å²) in [5, 5.41) is 28.5. The molecule has 4 heterocycles. The first-order chi connectivity index (χ1) is 41.6. The molecular weight excluding hydrogens is 1240 g/mol. The number of alkyl halides is 2. The lowest BCUT2D eigenvalue weighted by atomic mass is 10.1. The lowest BCUT2D eigenvalue weighted by Crippen LogP contribution is -2.50. The number of carbonyl (C=O) groups is 7. The molecule has 0 bridgehead atoms. The Morgan fingerprint density at radius 2 is 1.47 bits per heavy atom. The molecule has 6 N–H and O–H groups in total. The Labute approximate surface area is 511 Å². The first-order valence-corrected chi connectivity index (χ1v) is 29.2. The Morgan fingerprint density at radius 3 is 2.13 bits per heavy atom. The van der Waals surface area contributed by atoms with Crippen molar-refractivity contribution >= 4 is 94.7 Å². The molecular formula is C56H75F2IN16O11. The number of piperazine rings is 1. The second-order valence-electron chi connectivity index (χ2n) is 20.3. The molecule has 0 radical (unpaired) electrons. The van der Waals surface area contributed by atoms with Crippen molar-refractivity contribution < 1.29 is 61.7 Å². The fourth-order valence-corrected chi connectivity index (χ4v) is 9.84. The van der Waals surface area contributed by atoms with Gasteiger partial charge in [-0.15, -0.1) is 6.42 Å². The van der Waals surface area contributed by atoms with Crippen molar-refractivity contribution in [3.05, 3.63) is 69.4 Å².